The molecule has 1 unspecified atom stereocenters. The molecule has 2 heterocycles. The van der Waals surface area contributed by atoms with Gasteiger partial charge < -0.3 is 20.5 Å². The number of hydrogen-bond acceptors (Lipinski definition) is 5. The molecule has 34 heavy (non-hydrogen) atoms. The summed E-state index contributed by atoms with van der Waals surface area (Å²) >= 11 is 0. The van der Waals surface area contributed by atoms with Gasteiger partial charge in [-0.1, -0.05) is 30.3 Å². The average molecular weight is 471 g/mol. The van der Waals surface area contributed by atoms with Crippen LogP contribution in [0.15, 0.2) is 60.9 Å². The smallest absolute Gasteiger partial charge is 0.416 e. The molecule has 9 heteroatoms. The monoisotopic (exact) mass is 471 g/mol. The number of ether oxygens (including phenoxy) is 2. The van der Waals surface area contributed by atoms with E-state index in [1.165, 1.54) is 12.3 Å². The van der Waals surface area contributed by atoms with Crippen LogP contribution in [0.2, 0.25) is 0 Å². The Morgan fingerprint density at radius 3 is 2.62 bits per heavy atom. The lowest BCUT2D eigenvalue weighted by atomic mass is 9.96. The Bertz CT molecular complexity index is 1140. The van der Waals surface area contributed by atoms with Crippen LogP contribution in [0.25, 0.3) is 11.1 Å². The molecule has 4 rings (SSSR count). The first-order chi connectivity index (χ1) is 16.3. The number of aromatic nitrogens is 1. The molecule has 6 nitrogen and oxygen atoms in total. The third kappa shape index (κ3) is 5.73. The van der Waals surface area contributed by atoms with Crippen molar-refractivity contribution in [1.29, 1.82) is 0 Å². The number of rotatable bonds is 7. The fourth-order valence-electron chi connectivity index (χ4n) is 3.69. The number of halogens is 3. The standard InChI is InChI=1S/C25H24F3N3O3/c26-25(27,28)20-6-5-18(11-29)23(10-20)17-3-1-16(2-4-17)12-31-24(32)19-9-22(14-30-13-19)34-21-7-8-33-15-21/h1-6,9-10,13-14,21H,7-8,11-12,15,29H2,(H,31,32). The highest BCUT2D eigenvalue weighted by molar-refractivity contribution is 5.94. The molecular weight excluding hydrogens is 447 g/mol. The first kappa shape index (κ1) is 23.7. The Morgan fingerprint density at radius 2 is 1.94 bits per heavy atom. The zero-order chi connectivity index (χ0) is 24.1. The minimum Gasteiger partial charge on any atom is -0.486 e. The van der Waals surface area contributed by atoms with Gasteiger partial charge in [0.2, 0.25) is 0 Å². The Balaban J connectivity index is 1.41. The van der Waals surface area contributed by atoms with Crippen LogP contribution in [-0.2, 0) is 24.0 Å². The van der Waals surface area contributed by atoms with Crippen LogP contribution in [-0.4, -0.2) is 30.2 Å². The molecule has 0 spiro atoms. The summed E-state index contributed by atoms with van der Waals surface area (Å²) in [6.07, 6.45) is -0.681. The van der Waals surface area contributed by atoms with Crippen LogP contribution in [0.5, 0.6) is 5.75 Å². The topological polar surface area (TPSA) is 86.5 Å². The third-order valence-electron chi connectivity index (χ3n) is 5.54. The predicted octanol–water partition coefficient (Wildman–Crippen LogP) is 4.32. The molecule has 0 radical (unpaired) electrons. The number of amides is 1. The Hall–Kier alpha value is -3.43. The second kappa shape index (κ2) is 10.2. The van der Waals surface area contributed by atoms with Crippen molar-refractivity contribution in [2.24, 2.45) is 5.73 Å². The number of pyridine rings is 1. The summed E-state index contributed by atoms with van der Waals surface area (Å²) in [4.78, 5) is 16.6. The summed E-state index contributed by atoms with van der Waals surface area (Å²) in [6.45, 7) is 1.53. The molecule has 1 aliphatic heterocycles. The van der Waals surface area contributed by atoms with Crippen molar-refractivity contribution < 1.29 is 27.4 Å². The van der Waals surface area contributed by atoms with Crippen molar-refractivity contribution >= 4 is 5.91 Å². The first-order valence-corrected chi connectivity index (χ1v) is 10.8. The highest BCUT2D eigenvalue weighted by Gasteiger charge is 2.31. The molecule has 0 bridgehead atoms. The van der Waals surface area contributed by atoms with Crippen LogP contribution in [0.4, 0.5) is 13.2 Å². The van der Waals surface area contributed by atoms with Gasteiger partial charge in [-0.3, -0.25) is 9.78 Å². The van der Waals surface area contributed by atoms with Crippen molar-refractivity contribution in [1.82, 2.24) is 10.3 Å². The molecule has 178 valence electrons. The fraction of sp³-hybridized carbons (Fsp3) is 0.280. The van der Waals surface area contributed by atoms with Gasteiger partial charge in [0.1, 0.15) is 11.9 Å². The maximum Gasteiger partial charge on any atom is 0.416 e. The summed E-state index contributed by atoms with van der Waals surface area (Å²) in [5.41, 5.74) is 7.82. The first-order valence-electron chi connectivity index (χ1n) is 10.8. The van der Waals surface area contributed by atoms with E-state index in [1.54, 1.807) is 36.5 Å². The number of carbonyl (C=O) groups is 1. The largest absolute Gasteiger partial charge is 0.486 e. The molecule has 2 aromatic carbocycles. The van der Waals surface area contributed by atoms with Gasteiger partial charge in [0.15, 0.2) is 0 Å². The summed E-state index contributed by atoms with van der Waals surface area (Å²) in [6, 6.07) is 12.1. The Labute approximate surface area is 194 Å². The number of hydrogen-bond donors (Lipinski definition) is 2. The van der Waals surface area contributed by atoms with Gasteiger partial charge in [-0.15, -0.1) is 0 Å². The second-order valence-electron chi connectivity index (χ2n) is 7.97. The number of carbonyl (C=O) groups excluding carboxylic acids is 1. The lowest BCUT2D eigenvalue weighted by Gasteiger charge is -2.14. The number of benzene rings is 2. The van der Waals surface area contributed by atoms with Gasteiger partial charge >= 0.3 is 6.18 Å². The summed E-state index contributed by atoms with van der Waals surface area (Å²) in [5.74, 6) is 0.192. The number of nitrogens with two attached hydrogens (primary N) is 1. The number of alkyl halides is 3. The molecule has 3 aromatic rings. The molecule has 0 saturated carbocycles. The number of nitrogens with zero attached hydrogens (tertiary/aromatic N) is 1. The maximum atomic E-state index is 13.1. The minimum absolute atomic E-state index is 0.0461. The van der Waals surface area contributed by atoms with Gasteiger partial charge in [-0.25, -0.2) is 0 Å². The summed E-state index contributed by atoms with van der Waals surface area (Å²) in [5, 5.41) is 2.82. The highest BCUT2D eigenvalue weighted by Crippen LogP contribution is 2.34. The molecule has 1 saturated heterocycles. The number of nitrogens with one attached hydrogen (secondary N) is 1. The van der Waals surface area contributed by atoms with Gasteiger partial charge in [-0.2, -0.15) is 13.2 Å². The van der Waals surface area contributed by atoms with Crippen molar-refractivity contribution in [2.45, 2.75) is 31.8 Å². The maximum absolute atomic E-state index is 13.1. The molecule has 3 N–H and O–H groups in total. The molecule has 1 aliphatic rings. The zero-order valence-electron chi connectivity index (χ0n) is 18.3. The molecule has 1 atom stereocenters. The predicted molar refractivity (Wildman–Crippen MR) is 120 cm³/mol. The van der Waals surface area contributed by atoms with Crippen LogP contribution < -0.4 is 15.8 Å². The Kier molecular flexibility index (Phi) is 7.14. The molecule has 0 aliphatic carbocycles. The molecule has 1 amide bonds. The van der Waals surface area contributed by atoms with Crippen LogP contribution in [0.3, 0.4) is 0 Å². The molecule has 1 aromatic heterocycles. The van der Waals surface area contributed by atoms with Crippen LogP contribution in [0.1, 0.15) is 33.5 Å². The average Bonchev–Trinajstić information content (AvgIpc) is 3.35. The summed E-state index contributed by atoms with van der Waals surface area (Å²) < 4.78 is 50.5. The van der Waals surface area contributed by atoms with E-state index >= 15 is 0 Å². The van der Waals surface area contributed by atoms with E-state index in [9.17, 15) is 18.0 Å². The lowest BCUT2D eigenvalue weighted by molar-refractivity contribution is -0.137. The van der Waals surface area contributed by atoms with Gasteiger partial charge in [-0.05, 0) is 40.5 Å². The van der Waals surface area contributed by atoms with Gasteiger partial charge in [0, 0.05) is 25.7 Å². The van der Waals surface area contributed by atoms with Crippen LogP contribution in [0, 0.1) is 0 Å². The van der Waals surface area contributed by atoms with Crippen molar-refractivity contribution in [3.05, 3.63) is 83.2 Å². The fourth-order valence-corrected chi connectivity index (χ4v) is 3.69. The second-order valence-corrected chi connectivity index (χ2v) is 7.97. The normalized spacial score (nSPS) is 15.8. The van der Waals surface area contributed by atoms with E-state index in [1.807, 2.05) is 0 Å². The SMILES string of the molecule is NCc1ccc(C(F)(F)F)cc1-c1ccc(CNC(=O)c2cncc(OC3CCOC3)c2)cc1. The minimum atomic E-state index is -4.44. The van der Waals surface area contributed by atoms with Crippen molar-refractivity contribution in [3.63, 3.8) is 0 Å². The van der Waals surface area contributed by atoms with E-state index in [4.69, 9.17) is 15.2 Å². The van der Waals surface area contributed by atoms with E-state index in [0.29, 0.717) is 41.2 Å². The van der Waals surface area contributed by atoms with E-state index in [2.05, 4.69) is 10.3 Å². The van der Waals surface area contributed by atoms with Gasteiger partial charge in [0.05, 0.1) is 30.5 Å². The van der Waals surface area contributed by atoms with E-state index in [-0.39, 0.29) is 25.1 Å². The Morgan fingerprint density at radius 1 is 1.15 bits per heavy atom. The van der Waals surface area contributed by atoms with Crippen molar-refractivity contribution in [3.8, 4) is 16.9 Å². The van der Waals surface area contributed by atoms with Crippen molar-refractivity contribution in [2.75, 3.05) is 13.2 Å². The molecule has 1 fully saturated rings. The highest BCUT2D eigenvalue weighted by atomic mass is 19.4. The third-order valence-corrected chi connectivity index (χ3v) is 5.54. The quantitative estimate of drug-likeness (QED) is 0.536. The van der Waals surface area contributed by atoms with Gasteiger partial charge in [0.25, 0.3) is 5.91 Å². The lowest BCUT2D eigenvalue weighted by Crippen LogP contribution is -2.23. The van der Waals surface area contributed by atoms with E-state index in [0.717, 1.165) is 24.1 Å². The van der Waals surface area contributed by atoms with Crippen LogP contribution >= 0.6 is 0 Å². The molecular formula is C25H24F3N3O3. The summed E-state index contributed by atoms with van der Waals surface area (Å²) in [7, 11) is 0. The van der Waals surface area contributed by atoms with E-state index < -0.39 is 11.7 Å². The zero-order valence-corrected chi connectivity index (χ0v) is 18.3.